The van der Waals surface area contributed by atoms with Gasteiger partial charge in [0.2, 0.25) is 0 Å². The van der Waals surface area contributed by atoms with E-state index >= 15 is 0 Å². The molecule has 0 aromatic carbocycles. The molecule has 1 atom stereocenters. The number of esters is 1. The van der Waals surface area contributed by atoms with Gasteiger partial charge in [-0.1, -0.05) is 27.7 Å². The van der Waals surface area contributed by atoms with Crippen molar-refractivity contribution in [3.63, 3.8) is 0 Å². The molecule has 77 valence electrons. The Hall–Kier alpha value is -0.530. The average molecular weight is 185 g/mol. The van der Waals surface area contributed by atoms with E-state index in [0.29, 0.717) is 12.3 Å². The fourth-order valence-electron chi connectivity index (χ4n) is 1.57. The lowest BCUT2D eigenvalue weighted by Gasteiger charge is -2.22. The Morgan fingerprint density at radius 3 is 2.38 bits per heavy atom. The maximum atomic E-state index is 11.1. The normalized spacial score (nSPS) is 13.9. The number of carbonyl (C=O) groups excluding carboxylic acids is 1. The van der Waals surface area contributed by atoms with Crippen molar-refractivity contribution in [2.75, 3.05) is 6.61 Å². The van der Waals surface area contributed by atoms with Crippen molar-refractivity contribution in [1.29, 1.82) is 0 Å². The zero-order valence-corrected chi connectivity index (χ0v) is 9.22. The van der Waals surface area contributed by atoms with Crippen LogP contribution in [0.4, 0.5) is 0 Å². The van der Waals surface area contributed by atoms with E-state index in [1.807, 2.05) is 0 Å². The molecule has 2 heteroatoms. The van der Waals surface area contributed by atoms with E-state index in [1.165, 1.54) is 0 Å². The third-order valence-electron chi connectivity index (χ3n) is 1.74. The Labute approximate surface area is 81.7 Å². The molecular weight excluding hydrogens is 164 g/mol. The van der Waals surface area contributed by atoms with Crippen LogP contribution in [-0.4, -0.2) is 12.6 Å². The maximum Gasteiger partial charge on any atom is 0.306 e. The minimum atomic E-state index is -0.133. The number of ether oxygens (including phenoxy) is 1. The van der Waals surface area contributed by atoms with Crippen molar-refractivity contribution in [3.05, 3.63) is 6.92 Å². The van der Waals surface area contributed by atoms with Crippen LogP contribution in [0.5, 0.6) is 0 Å². The topological polar surface area (TPSA) is 26.3 Å². The Morgan fingerprint density at radius 1 is 1.46 bits per heavy atom. The van der Waals surface area contributed by atoms with E-state index in [0.717, 1.165) is 6.42 Å². The molecule has 1 radical (unpaired) electrons. The summed E-state index contributed by atoms with van der Waals surface area (Å²) < 4.78 is 4.78. The maximum absolute atomic E-state index is 11.1. The largest absolute Gasteiger partial charge is 0.466 e. The Bertz CT molecular complexity index is 156. The molecule has 0 saturated heterocycles. The molecule has 13 heavy (non-hydrogen) atoms. The van der Waals surface area contributed by atoms with Crippen LogP contribution in [0.3, 0.4) is 0 Å². The second-order valence-corrected chi connectivity index (χ2v) is 4.79. The first-order valence-corrected chi connectivity index (χ1v) is 4.80. The van der Waals surface area contributed by atoms with Crippen LogP contribution in [-0.2, 0) is 9.53 Å². The molecule has 2 nitrogen and oxygen atoms in total. The minimum absolute atomic E-state index is 0.133. The van der Waals surface area contributed by atoms with E-state index in [-0.39, 0.29) is 18.0 Å². The van der Waals surface area contributed by atoms with Gasteiger partial charge in [0.25, 0.3) is 0 Å². The molecule has 0 bridgehead atoms. The summed E-state index contributed by atoms with van der Waals surface area (Å²) in [5.41, 5.74) is 0.282. The molecule has 0 amide bonds. The highest BCUT2D eigenvalue weighted by Crippen LogP contribution is 2.25. The highest BCUT2D eigenvalue weighted by molar-refractivity contribution is 5.69. The van der Waals surface area contributed by atoms with Gasteiger partial charge in [-0.3, -0.25) is 4.79 Å². The van der Waals surface area contributed by atoms with Crippen LogP contribution < -0.4 is 0 Å². The lowest BCUT2D eigenvalue weighted by atomic mass is 9.84. The van der Waals surface area contributed by atoms with Crippen molar-refractivity contribution in [2.24, 2.45) is 11.3 Å². The van der Waals surface area contributed by atoms with Crippen LogP contribution in [0.2, 0.25) is 0 Å². The summed E-state index contributed by atoms with van der Waals surface area (Å²) in [4.78, 5) is 11.1. The molecule has 0 rings (SSSR count). The lowest BCUT2D eigenvalue weighted by Crippen LogP contribution is -2.15. The van der Waals surface area contributed by atoms with Gasteiger partial charge in [-0.2, -0.15) is 0 Å². The molecule has 0 fully saturated rings. The molecule has 0 spiro atoms. The van der Waals surface area contributed by atoms with Crippen molar-refractivity contribution in [2.45, 2.75) is 40.5 Å². The minimum Gasteiger partial charge on any atom is -0.466 e. The van der Waals surface area contributed by atoms with E-state index in [2.05, 4.69) is 34.6 Å². The summed E-state index contributed by atoms with van der Waals surface area (Å²) in [6.45, 7) is 12.3. The van der Waals surface area contributed by atoms with Gasteiger partial charge in [-0.15, -0.1) is 0 Å². The van der Waals surface area contributed by atoms with Crippen molar-refractivity contribution < 1.29 is 9.53 Å². The highest BCUT2D eigenvalue weighted by atomic mass is 16.5. The standard InChI is InChI=1S/C11H21O2/c1-6-13-10(12)7-9(2)8-11(3,4)5/h9H,1,6-8H2,2-5H3. The monoisotopic (exact) mass is 185 g/mol. The van der Waals surface area contributed by atoms with Crippen LogP contribution in [0.25, 0.3) is 0 Å². The van der Waals surface area contributed by atoms with Gasteiger partial charge in [-0.05, 0) is 24.7 Å². The summed E-state index contributed by atoms with van der Waals surface area (Å²) in [5.74, 6) is 0.255. The van der Waals surface area contributed by atoms with Crippen LogP contribution >= 0.6 is 0 Å². The second kappa shape index (κ2) is 5.25. The quantitative estimate of drug-likeness (QED) is 0.629. The number of rotatable bonds is 4. The van der Waals surface area contributed by atoms with E-state index in [4.69, 9.17) is 4.74 Å². The molecular formula is C11H21O2. The van der Waals surface area contributed by atoms with Crippen LogP contribution in [0, 0.1) is 18.3 Å². The highest BCUT2D eigenvalue weighted by Gasteiger charge is 2.17. The van der Waals surface area contributed by atoms with Gasteiger partial charge >= 0.3 is 5.97 Å². The van der Waals surface area contributed by atoms with E-state index in [1.54, 1.807) is 0 Å². The van der Waals surface area contributed by atoms with Gasteiger partial charge < -0.3 is 4.74 Å². The first-order valence-electron chi connectivity index (χ1n) is 4.80. The first-order chi connectivity index (χ1) is 5.85. The van der Waals surface area contributed by atoms with Crippen molar-refractivity contribution >= 4 is 5.97 Å². The van der Waals surface area contributed by atoms with Crippen LogP contribution in [0.15, 0.2) is 0 Å². The Morgan fingerprint density at radius 2 is 2.00 bits per heavy atom. The van der Waals surface area contributed by atoms with Crippen molar-refractivity contribution in [1.82, 2.24) is 0 Å². The lowest BCUT2D eigenvalue weighted by molar-refractivity contribution is -0.143. The summed E-state index contributed by atoms with van der Waals surface area (Å²) in [5, 5.41) is 0. The number of carbonyl (C=O) groups is 1. The zero-order chi connectivity index (χ0) is 10.5. The predicted molar refractivity (Wildman–Crippen MR) is 54.2 cm³/mol. The van der Waals surface area contributed by atoms with E-state index in [9.17, 15) is 4.79 Å². The summed E-state index contributed by atoms with van der Waals surface area (Å²) >= 11 is 0. The molecule has 0 saturated carbocycles. The molecule has 0 heterocycles. The second-order valence-electron chi connectivity index (χ2n) is 4.79. The molecule has 0 aliphatic heterocycles. The predicted octanol–water partition coefficient (Wildman–Crippen LogP) is 2.83. The Balaban J connectivity index is 3.74. The molecule has 0 N–H and O–H groups in total. The van der Waals surface area contributed by atoms with Gasteiger partial charge in [0, 0.05) is 6.42 Å². The molecule has 1 unspecified atom stereocenters. The fraction of sp³-hybridized carbons (Fsp3) is 0.818. The average Bonchev–Trinajstić information content (AvgIpc) is 1.81. The molecule has 0 aromatic heterocycles. The molecule has 0 aliphatic carbocycles. The van der Waals surface area contributed by atoms with Gasteiger partial charge in [0.1, 0.15) is 0 Å². The summed E-state index contributed by atoms with van der Waals surface area (Å²) in [6.07, 6.45) is 1.55. The molecule has 0 aromatic rings. The summed E-state index contributed by atoms with van der Waals surface area (Å²) in [6, 6.07) is 0. The van der Waals surface area contributed by atoms with Gasteiger partial charge in [0.15, 0.2) is 0 Å². The number of hydrogen-bond acceptors (Lipinski definition) is 2. The summed E-state index contributed by atoms with van der Waals surface area (Å²) in [7, 11) is 0. The first kappa shape index (κ1) is 12.5. The third kappa shape index (κ3) is 7.82. The van der Waals surface area contributed by atoms with Crippen LogP contribution in [0.1, 0.15) is 40.5 Å². The SMILES string of the molecule is [CH2]COC(=O)CC(C)CC(C)(C)C. The fourth-order valence-corrected chi connectivity index (χ4v) is 1.57. The van der Waals surface area contributed by atoms with Gasteiger partial charge in [-0.25, -0.2) is 0 Å². The van der Waals surface area contributed by atoms with Crippen molar-refractivity contribution in [3.8, 4) is 0 Å². The molecule has 0 aliphatic rings. The van der Waals surface area contributed by atoms with Gasteiger partial charge in [0.05, 0.1) is 6.61 Å². The smallest absolute Gasteiger partial charge is 0.306 e. The third-order valence-corrected chi connectivity index (χ3v) is 1.74. The zero-order valence-electron chi connectivity index (χ0n) is 9.22. The number of hydrogen-bond donors (Lipinski definition) is 0. The Kier molecular flexibility index (Phi) is 5.04. The van der Waals surface area contributed by atoms with E-state index < -0.39 is 0 Å².